The molecule has 0 saturated carbocycles. The van der Waals surface area contributed by atoms with E-state index in [1.165, 1.54) is 27.8 Å². The smallest absolute Gasteiger partial charge is 0.336 e. The Morgan fingerprint density at radius 2 is 1.64 bits per heavy atom. The Morgan fingerprint density at radius 3 is 2.30 bits per heavy atom. The fourth-order valence-electron chi connectivity index (χ4n) is 4.35. The Balaban J connectivity index is 1.76. The van der Waals surface area contributed by atoms with Gasteiger partial charge in [0, 0.05) is 11.1 Å². The lowest BCUT2D eigenvalue weighted by molar-refractivity contribution is 0.0696. The first-order chi connectivity index (χ1) is 15.6. The molecule has 0 radical (unpaired) electrons. The molecule has 0 heterocycles. The van der Waals surface area contributed by atoms with E-state index in [4.69, 9.17) is 0 Å². The van der Waals surface area contributed by atoms with Gasteiger partial charge < -0.3 is 5.11 Å². The van der Waals surface area contributed by atoms with Crippen LogP contribution in [0.2, 0.25) is 0 Å². The second-order valence-electron chi connectivity index (χ2n) is 10.4. The first kappa shape index (κ1) is 22.6. The number of hydrogen-bond acceptors (Lipinski definition) is 1. The number of allylic oxidation sites excluding steroid dienone is 1. The number of fused-ring (bicyclic) bond motifs is 1. The van der Waals surface area contributed by atoms with Crippen LogP contribution in [0.1, 0.15) is 84.8 Å². The molecule has 2 heteroatoms. The van der Waals surface area contributed by atoms with Gasteiger partial charge in [0.15, 0.2) is 0 Å². The SMILES string of the molecule is CC(C)(C)c1ccc(C2=CCC(C)(C)c3ccc(C#Cc4ccccc4C(=O)O)cc32)cc1. The zero-order chi connectivity index (χ0) is 23.8. The van der Waals surface area contributed by atoms with Crippen molar-refractivity contribution in [3.63, 3.8) is 0 Å². The van der Waals surface area contributed by atoms with Crippen LogP contribution in [0.5, 0.6) is 0 Å². The summed E-state index contributed by atoms with van der Waals surface area (Å²) in [6.45, 7) is 11.2. The molecule has 33 heavy (non-hydrogen) atoms. The molecule has 0 aromatic heterocycles. The van der Waals surface area contributed by atoms with Crippen LogP contribution in [-0.4, -0.2) is 11.1 Å². The van der Waals surface area contributed by atoms with Crippen LogP contribution in [-0.2, 0) is 10.8 Å². The molecule has 3 aromatic carbocycles. The summed E-state index contributed by atoms with van der Waals surface area (Å²) in [6.07, 6.45) is 3.32. The minimum absolute atomic E-state index is 0.0477. The van der Waals surface area contributed by atoms with E-state index in [1.807, 2.05) is 12.1 Å². The fourth-order valence-corrected chi connectivity index (χ4v) is 4.35. The molecular weight excluding hydrogens is 404 g/mol. The summed E-state index contributed by atoms with van der Waals surface area (Å²) in [5.74, 6) is 5.30. The zero-order valence-electron chi connectivity index (χ0n) is 20.0. The van der Waals surface area contributed by atoms with Crippen LogP contribution in [0.15, 0.2) is 72.8 Å². The molecule has 0 amide bonds. The van der Waals surface area contributed by atoms with E-state index in [0.717, 1.165) is 12.0 Å². The topological polar surface area (TPSA) is 37.3 Å². The van der Waals surface area contributed by atoms with Crippen molar-refractivity contribution in [2.24, 2.45) is 0 Å². The highest BCUT2D eigenvalue weighted by Gasteiger charge is 2.28. The summed E-state index contributed by atoms with van der Waals surface area (Å²) >= 11 is 0. The van der Waals surface area contributed by atoms with Gasteiger partial charge in [0.2, 0.25) is 0 Å². The Kier molecular flexibility index (Phi) is 5.76. The first-order valence-corrected chi connectivity index (χ1v) is 11.4. The highest BCUT2D eigenvalue weighted by molar-refractivity contribution is 5.90. The molecule has 4 rings (SSSR count). The van der Waals surface area contributed by atoms with E-state index >= 15 is 0 Å². The molecule has 0 aliphatic heterocycles. The minimum atomic E-state index is -0.962. The molecule has 1 aliphatic carbocycles. The number of carbonyl (C=O) groups is 1. The van der Waals surface area contributed by atoms with Crippen LogP contribution in [0.25, 0.3) is 5.57 Å². The average molecular weight is 435 g/mol. The maximum Gasteiger partial charge on any atom is 0.336 e. The highest BCUT2D eigenvalue weighted by atomic mass is 16.4. The molecule has 0 fully saturated rings. The van der Waals surface area contributed by atoms with Gasteiger partial charge >= 0.3 is 5.97 Å². The van der Waals surface area contributed by atoms with Gasteiger partial charge in [-0.3, -0.25) is 0 Å². The number of carboxylic acids is 1. The standard InChI is InChI=1S/C31H30O2/c1-30(2,3)24-15-13-23(14-16-24)25-18-19-31(4,5)28-17-11-21(20-27(25)28)10-12-22-8-6-7-9-26(22)29(32)33/h6-9,11,13-18,20H,19H2,1-5H3,(H,32,33). The molecule has 166 valence electrons. The average Bonchev–Trinajstić information content (AvgIpc) is 2.77. The van der Waals surface area contributed by atoms with E-state index < -0.39 is 5.97 Å². The van der Waals surface area contributed by atoms with Crippen molar-refractivity contribution in [3.8, 4) is 11.8 Å². The van der Waals surface area contributed by atoms with Crippen molar-refractivity contribution >= 4 is 11.5 Å². The molecule has 0 saturated heterocycles. The summed E-state index contributed by atoms with van der Waals surface area (Å²) in [6, 6.07) is 22.1. The Labute approximate surface area is 197 Å². The third-order valence-corrected chi connectivity index (χ3v) is 6.42. The molecule has 0 spiro atoms. The Bertz CT molecular complexity index is 1300. The fraction of sp³-hybridized carbons (Fsp3) is 0.258. The second kappa shape index (κ2) is 8.41. The van der Waals surface area contributed by atoms with Gasteiger partial charge in [-0.1, -0.05) is 95.0 Å². The highest BCUT2D eigenvalue weighted by Crippen LogP contribution is 2.42. The summed E-state index contributed by atoms with van der Waals surface area (Å²) in [4.78, 5) is 11.5. The molecule has 3 aromatic rings. The van der Waals surface area contributed by atoms with E-state index in [1.54, 1.807) is 18.2 Å². The van der Waals surface area contributed by atoms with E-state index in [0.29, 0.717) is 5.56 Å². The van der Waals surface area contributed by atoms with Gasteiger partial charge in [0.25, 0.3) is 0 Å². The van der Waals surface area contributed by atoms with Gasteiger partial charge in [0.05, 0.1) is 5.56 Å². The maximum atomic E-state index is 11.5. The number of hydrogen-bond donors (Lipinski definition) is 1. The molecule has 0 bridgehead atoms. The third-order valence-electron chi connectivity index (χ3n) is 6.42. The second-order valence-corrected chi connectivity index (χ2v) is 10.4. The monoisotopic (exact) mass is 434 g/mol. The van der Waals surface area contributed by atoms with Crippen molar-refractivity contribution in [1.29, 1.82) is 0 Å². The van der Waals surface area contributed by atoms with Crippen molar-refractivity contribution in [3.05, 3.63) is 112 Å². The lowest BCUT2D eigenvalue weighted by atomic mass is 9.71. The lowest BCUT2D eigenvalue weighted by Crippen LogP contribution is -2.22. The number of carboxylic acid groups (broad SMARTS) is 1. The van der Waals surface area contributed by atoms with Crippen LogP contribution < -0.4 is 0 Å². The predicted molar refractivity (Wildman–Crippen MR) is 136 cm³/mol. The molecule has 0 atom stereocenters. The lowest BCUT2D eigenvalue weighted by Gasteiger charge is -2.32. The number of benzene rings is 3. The Hall–Kier alpha value is -3.57. The molecular formula is C31H30O2. The van der Waals surface area contributed by atoms with E-state index in [9.17, 15) is 9.90 Å². The minimum Gasteiger partial charge on any atom is -0.478 e. The maximum absolute atomic E-state index is 11.5. The summed E-state index contributed by atoms with van der Waals surface area (Å²) in [5, 5.41) is 9.43. The van der Waals surface area contributed by atoms with Gasteiger partial charge in [-0.15, -0.1) is 0 Å². The quantitative estimate of drug-likeness (QED) is 0.433. The predicted octanol–water partition coefficient (Wildman–Crippen LogP) is 7.20. The largest absolute Gasteiger partial charge is 0.478 e. The Morgan fingerprint density at radius 1 is 0.939 bits per heavy atom. The van der Waals surface area contributed by atoms with Gasteiger partial charge in [-0.05, 0) is 69.3 Å². The van der Waals surface area contributed by atoms with Gasteiger partial charge in [-0.25, -0.2) is 4.79 Å². The summed E-state index contributed by atoms with van der Waals surface area (Å²) in [7, 11) is 0. The van der Waals surface area contributed by atoms with Gasteiger partial charge in [0.1, 0.15) is 0 Å². The van der Waals surface area contributed by atoms with Crippen molar-refractivity contribution < 1.29 is 9.90 Å². The van der Waals surface area contributed by atoms with Crippen LogP contribution in [0.4, 0.5) is 0 Å². The summed E-state index contributed by atoms with van der Waals surface area (Å²) in [5.41, 5.74) is 8.08. The summed E-state index contributed by atoms with van der Waals surface area (Å²) < 4.78 is 0. The van der Waals surface area contributed by atoms with E-state index in [2.05, 4.69) is 88.9 Å². The normalized spacial score (nSPS) is 14.5. The zero-order valence-corrected chi connectivity index (χ0v) is 20.0. The molecule has 0 unspecified atom stereocenters. The number of rotatable bonds is 2. The van der Waals surface area contributed by atoms with Gasteiger partial charge in [-0.2, -0.15) is 0 Å². The third kappa shape index (κ3) is 4.64. The van der Waals surface area contributed by atoms with Crippen molar-refractivity contribution in [1.82, 2.24) is 0 Å². The molecule has 1 aliphatic rings. The van der Waals surface area contributed by atoms with Crippen LogP contribution in [0, 0.1) is 11.8 Å². The van der Waals surface area contributed by atoms with Crippen molar-refractivity contribution in [2.45, 2.75) is 51.9 Å². The first-order valence-electron chi connectivity index (χ1n) is 11.4. The molecule has 2 nitrogen and oxygen atoms in total. The molecule has 1 N–H and O–H groups in total. The van der Waals surface area contributed by atoms with Crippen molar-refractivity contribution in [2.75, 3.05) is 0 Å². The van der Waals surface area contributed by atoms with E-state index in [-0.39, 0.29) is 16.4 Å². The number of aromatic carboxylic acids is 1. The van der Waals surface area contributed by atoms with Crippen LogP contribution in [0.3, 0.4) is 0 Å². The van der Waals surface area contributed by atoms with Crippen LogP contribution >= 0.6 is 0 Å².